The molecular formula is C22H23Cl2N3O5S. The molecule has 0 aliphatic carbocycles. The van der Waals surface area contributed by atoms with Crippen LogP contribution in [0.25, 0.3) is 0 Å². The summed E-state index contributed by atoms with van der Waals surface area (Å²) >= 11 is 12.2. The first-order valence-electron chi connectivity index (χ1n) is 10.3. The van der Waals surface area contributed by atoms with E-state index in [-0.39, 0.29) is 23.4 Å². The second kappa shape index (κ2) is 10.1. The Labute approximate surface area is 202 Å². The van der Waals surface area contributed by atoms with Crippen LogP contribution >= 0.6 is 23.2 Å². The third-order valence-corrected chi connectivity index (χ3v) is 7.66. The van der Waals surface area contributed by atoms with Crippen molar-refractivity contribution in [2.45, 2.75) is 37.8 Å². The summed E-state index contributed by atoms with van der Waals surface area (Å²) in [6.45, 7) is 3.03. The molecule has 176 valence electrons. The second-order valence-electron chi connectivity index (χ2n) is 7.39. The molecule has 3 rings (SSSR count). The minimum Gasteiger partial charge on any atom is -0.355 e. The fourth-order valence-electron chi connectivity index (χ4n) is 3.65. The SMILES string of the molecule is CCNC(=O)[C@H](CC)N(Cc1ccc(Cl)cc1Cl)C(=O)CN1C(=O)c2ccccc2S1(=O)=O. The van der Waals surface area contributed by atoms with Crippen molar-refractivity contribution in [2.75, 3.05) is 13.1 Å². The number of rotatable bonds is 8. The number of nitrogens with zero attached hydrogens (tertiary/aromatic N) is 2. The molecule has 1 N–H and O–H groups in total. The molecule has 8 nitrogen and oxygen atoms in total. The number of fused-ring (bicyclic) bond motifs is 1. The van der Waals surface area contributed by atoms with Crippen LogP contribution in [0.4, 0.5) is 0 Å². The molecule has 1 aliphatic rings. The van der Waals surface area contributed by atoms with Crippen molar-refractivity contribution in [2.24, 2.45) is 0 Å². The molecule has 33 heavy (non-hydrogen) atoms. The molecule has 3 amide bonds. The molecule has 0 fully saturated rings. The molecule has 0 aromatic heterocycles. The number of halogens is 2. The average molecular weight is 512 g/mol. The lowest BCUT2D eigenvalue weighted by molar-refractivity contribution is -0.141. The number of nitrogens with one attached hydrogen (secondary N) is 1. The Morgan fingerprint density at radius 3 is 2.42 bits per heavy atom. The van der Waals surface area contributed by atoms with Gasteiger partial charge in [0.1, 0.15) is 17.5 Å². The molecule has 0 saturated heterocycles. The minimum atomic E-state index is -4.18. The number of hydrogen-bond donors (Lipinski definition) is 1. The summed E-state index contributed by atoms with van der Waals surface area (Å²) in [5.41, 5.74) is 0.532. The van der Waals surface area contributed by atoms with Crippen molar-refractivity contribution < 1.29 is 22.8 Å². The van der Waals surface area contributed by atoms with E-state index in [9.17, 15) is 22.8 Å². The second-order valence-corrected chi connectivity index (χ2v) is 10.1. The van der Waals surface area contributed by atoms with Gasteiger partial charge in [0.2, 0.25) is 11.8 Å². The van der Waals surface area contributed by atoms with E-state index in [0.29, 0.717) is 26.5 Å². The van der Waals surface area contributed by atoms with Crippen LogP contribution < -0.4 is 5.32 Å². The first kappa shape index (κ1) is 25.0. The summed E-state index contributed by atoms with van der Waals surface area (Å²) in [7, 11) is -4.18. The fraction of sp³-hybridized carbons (Fsp3) is 0.318. The third kappa shape index (κ3) is 5.00. The lowest BCUT2D eigenvalue weighted by Crippen LogP contribution is -2.52. The quantitative estimate of drug-likeness (QED) is 0.586. The third-order valence-electron chi connectivity index (χ3n) is 5.28. The van der Waals surface area contributed by atoms with Gasteiger partial charge in [-0.1, -0.05) is 48.3 Å². The predicted molar refractivity (Wildman–Crippen MR) is 124 cm³/mol. The zero-order chi connectivity index (χ0) is 24.3. The molecule has 1 atom stereocenters. The lowest BCUT2D eigenvalue weighted by Gasteiger charge is -2.32. The number of amides is 3. The summed E-state index contributed by atoms with van der Waals surface area (Å²) in [6.07, 6.45) is 0.268. The summed E-state index contributed by atoms with van der Waals surface area (Å²) in [6, 6.07) is 9.62. The molecule has 1 aliphatic heterocycles. The highest BCUT2D eigenvalue weighted by Gasteiger charge is 2.43. The van der Waals surface area contributed by atoms with E-state index in [1.54, 1.807) is 32.0 Å². The van der Waals surface area contributed by atoms with Crippen LogP contribution in [0.1, 0.15) is 36.2 Å². The largest absolute Gasteiger partial charge is 0.355 e. The number of carbonyl (C=O) groups excluding carboxylic acids is 3. The Hall–Kier alpha value is -2.62. The molecule has 1 heterocycles. The van der Waals surface area contributed by atoms with Crippen molar-refractivity contribution in [1.82, 2.24) is 14.5 Å². The van der Waals surface area contributed by atoms with Gasteiger partial charge in [0.05, 0.1) is 5.56 Å². The molecule has 2 aromatic carbocycles. The molecule has 0 radical (unpaired) electrons. The predicted octanol–water partition coefficient (Wildman–Crippen LogP) is 3.08. The van der Waals surface area contributed by atoms with Gasteiger partial charge < -0.3 is 10.2 Å². The summed E-state index contributed by atoms with van der Waals surface area (Å²) in [5.74, 6) is -1.88. The lowest BCUT2D eigenvalue weighted by atomic mass is 10.1. The molecular weight excluding hydrogens is 489 g/mol. The summed E-state index contributed by atoms with van der Waals surface area (Å²) in [5, 5.41) is 3.39. The van der Waals surface area contributed by atoms with Crippen LogP contribution in [-0.4, -0.2) is 54.5 Å². The highest BCUT2D eigenvalue weighted by atomic mass is 35.5. The van der Waals surface area contributed by atoms with Crippen LogP contribution in [0.15, 0.2) is 47.4 Å². The van der Waals surface area contributed by atoms with Gasteiger partial charge in [0.25, 0.3) is 15.9 Å². The van der Waals surface area contributed by atoms with Gasteiger partial charge in [-0.3, -0.25) is 14.4 Å². The Morgan fingerprint density at radius 1 is 1.12 bits per heavy atom. The van der Waals surface area contributed by atoms with Crippen LogP contribution in [-0.2, 0) is 26.2 Å². The van der Waals surface area contributed by atoms with Gasteiger partial charge >= 0.3 is 0 Å². The Balaban J connectivity index is 1.95. The van der Waals surface area contributed by atoms with Crippen LogP contribution in [0.5, 0.6) is 0 Å². The van der Waals surface area contributed by atoms with Crippen molar-refractivity contribution in [3.8, 4) is 0 Å². The maximum absolute atomic E-state index is 13.4. The zero-order valence-electron chi connectivity index (χ0n) is 18.0. The number of hydrogen-bond acceptors (Lipinski definition) is 5. The van der Waals surface area contributed by atoms with Gasteiger partial charge in [0, 0.05) is 23.1 Å². The number of benzene rings is 2. The molecule has 0 saturated carbocycles. The van der Waals surface area contributed by atoms with Gasteiger partial charge in [-0.2, -0.15) is 0 Å². The van der Waals surface area contributed by atoms with E-state index >= 15 is 0 Å². The maximum Gasteiger partial charge on any atom is 0.269 e. The van der Waals surface area contributed by atoms with Gasteiger partial charge in [-0.05, 0) is 43.2 Å². The van der Waals surface area contributed by atoms with E-state index in [4.69, 9.17) is 23.2 Å². The molecule has 0 bridgehead atoms. The van der Waals surface area contributed by atoms with Crippen molar-refractivity contribution in [3.05, 3.63) is 63.6 Å². The smallest absolute Gasteiger partial charge is 0.269 e. The van der Waals surface area contributed by atoms with Gasteiger partial charge in [0.15, 0.2) is 0 Å². The van der Waals surface area contributed by atoms with E-state index < -0.39 is 40.3 Å². The van der Waals surface area contributed by atoms with E-state index in [0.717, 1.165) is 0 Å². The Bertz CT molecular complexity index is 1200. The van der Waals surface area contributed by atoms with Crippen LogP contribution in [0, 0.1) is 0 Å². The fourth-order valence-corrected chi connectivity index (χ4v) is 5.63. The van der Waals surface area contributed by atoms with Gasteiger partial charge in [-0.25, -0.2) is 12.7 Å². The molecule has 11 heteroatoms. The number of carbonyl (C=O) groups is 3. The van der Waals surface area contributed by atoms with Crippen molar-refractivity contribution in [1.29, 1.82) is 0 Å². The first-order valence-corrected chi connectivity index (χ1v) is 12.5. The monoisotopic (exact) mass is 511 g/mol. The first-order chi connectivity index (χ1) is 15.6. The summed E-state index contributed by atoms with van der Waals surface area (Å²) in [4.78, 5) is 39.9. The summed E-state index contributed by atoms with van der Waals surface area (Å²) < 4.78 is 26.3. The van der Waals surface area contributed by atoms with Gasteiger partial charge in [-0.15, -0.1) is 0 Å². The maximum atomic E-state index is 13.4. The standard InChI is InChI=1S/C22H23Cl2N3O5S/c1-3-18(21(29)25-4-2)26(12-14-9-10-15(23)11-17(14)24)20(28)13-27-22(30)16-7-5-6-8-19(16)33(27,31)32/h5-11,18H,3-4,12-13H2,1-2H3,(H,25,29)/t18-/m0/s1. The van der Waals surface area contributed by atoms with E-state index in [1.807, 2.05) is 0 Å². The van der Waals surface area contributed by atoms with E-state index in [2.05, 4.69) is 5.32 Å². The minimum absolute atomic E-state index is 0.00774. The number of likely N-dealkylation sites (N-methyl/N-ethyl adjacent to an activating group) is 1. The highest BCUT2D eigenvalue weighted by Crippen LogP contribution is 2.30. The Kier molecular flexibility index (Phi) is 7.66. The van der Waals surface area contributed by atoms with Crippen LogP contribution in [0.3, 0.4) is 0 Å². The topological polar surface area (TPSA) is 104 Å². The Morgan fingerprint density at radius 2 is 1.82 bits per heavy atom. The zero-order valence-corrected chi connectivity index (χ0v) is 20.4. The molecule has 0 unspecified atom stereocenters. The van der Waals surface area contributed by atoms with Crippen LogP contribution in [0.2, 0.25) is 10.0 Å². The number of sulfonamides is 1. The highest BCUT2D eigenvalue weighted by molar-refractivity contribution is 7.90. The average Bonchev–Trinajstić information content (AvgIpc) is 2.96. The van der Waals surface area contributed by atoms with Crippen molar-refractivity contribution in [3.63, 3.8) is 0 Å². The van der Waals surface area contributed by atoms with Crippen molar-refractivity contribution >= 4 is 50.9 Å². The molecule has 0 spiro atoms. The van der Waals surface area contributed by atoms with E-state index in [1.165, 1.54) is 29.2 Å². The molecule has 2 aromatic rings. The normalized spacial score (nSPS) is 15.2.